The van der Waals surface area contributed by atoms with E-state index in [2.05, 4.69) is 22.5 Å². The van der Waals surface area contributed by atoms with E-state index in [0.29, 0.717) is 5.02 Å². The Balaban J connectivity index is 1.82. The molecule has 0 unspecified atom stereocenters. The Morgan fingerprint density at radius 2 is 1.90 bits per heavy atom. The van der Waals surface area contributed by atoms with E-state index in [1.54, 1.807) is 23.5 Å². The summed E-state index contributed by atoms with van der Waals surface area (Å²) in [6, 6.07) is 15.4. The van der Waals surface area contributed by atoms with Gasteiger partial charge in [-0.05, 0) is 17.7 Å². The van der Waals surface area contributed by atoms with Crippen molar-refractivity contribution in [3.8, 4) is 17.0 Å². The number of phenolic OH excluding ortho intramolecular Hbond substituents is 1. The molecule has 0 radical (unpaired) electrons. The summed E-state index contributed by atoms with van der Waals surface area (Å²) in [5.41, 5.74) is 3.16. The fraction of sp³-hybridized carbons (Fsp3) is 0.0625. The van der Waals surface area contributed by atoms with Crippen LogP contribution in [0, 0.1) is 0 Å². The highest BCUT2D eigenvalue weighted by molar-refractivity contribution is 7.10. The number of benzene rings is 2. The van der Waals surface area contributed by atoms with Gasteiger partial charge in [-0.25, -0.2) is 4.98 Å². The molecule has 0 aliphatic heterocycles. The first-order valence-corrected chi connectivity index (χ1v) is 7.45. The third-order valence-electron chi connectivity index (χ3n) is 2.99. The van der Waals surface area contributed by atoms with Crippen LogP contribution in [0.5, 0.6) is 5.75 Å². The van der Waals surface area contributed by atoms with Crippen LogP contribution in [-0.2, 0) is 6.42 Å². The van der Waals surface area contributed by atoms with Crippen LogP contribution in [0.3, 0.4) is 0 Å². The van der Waals surface area contributed by atoms with Crippen molar-refractivity contribution >= 4 is 22.9 Å². The second-order valence-electron chi connectivity index (χ2n) is 4.46. The molecule has 1 N–H and O–H groups in total. The summed E-state index contributed by atoms with van der Waals surface area (Å²) >= 11 is 7.55. The average molecular weight is 302 g/mol. The fourth-order valence-electron chi connectivity index (χ4n) is 1.97. The molecule has 3 aromatic rings. The SMILES string of the molecule is Oc1ccc(Cc2nc(-c3ccccc3)cs2)cc1Cl. The molecule has 0 amide bonds. The number of phenols is 1. The van der Waals surface area contributed by atoms with Crippen LogP contribution in [-0.4, -0.2) is 10.1 Å². The fourth-order valence-corrected chi connectivity index (χ4v) is 3.01. The standard InChI is InChI=1S/C16H12ClNOS/c17-13-8-11(6-7-15(13)19)9-16-18-14(10-20-16)12-4-2-1-3-5-12/h1-8,10,19H,9H2. The summed E-state index contributed by atoms with van der Waals surface area (Å²) in [6.07, 6.45) is 0.720. The molecule has 0 saturated heterocycles. The van der Waals surface area contributed by atoms with Crippen molar-refractivity contribution in [1.29, 1.82) is 0 Å². The van der Waals surface area contributed by atoms with Crippen molar-refractivity contribution < 1.29 is 5.11 Å². The van der Waals surface area contributed by atoms with Crippen LogP contribution in [0.1, 0.15) is 10.6 Å². The van der Waals surface area contributed by atoms with E-state index >= 15 is 0 Å². The highest BCUT2D eigenvalue weighted by Crippen LogP contribution is 2.27. The van der Waals surface area contributed by atoms with Crippen molar-refractivity contribution in [3.05, 3.63) is 69.5 Å². The number of hydrogen-bond acceptors (Lipinski definition) is 3. The van der Waals surface area contributed by atoms with Gasteiger partial charge in [-0.15, -0.1) is 11.3 Å². The van der Waals surface area contributed by atoms with Crippen molar-refractivity contribution in [2.45, 2.75) is 6.42 Å². The molecule has 0 spiro atoms. The molecular formula is C16H12ClNOS. The maximum absolute atomic E-state index is 9.42. The summed E-state index contributed by atoms with van der Waals surface area (Å²) in [5, 5.41) is 12.9. The van der Waals surface area contributed by atoms with Gasteiger partial charge in [0.1, 0.15) is 5.75 Å². The van der Waals surface area contributed by atoms with E-state index in [-0.39, 0.29) is 5.75 Å². The molecule has 3 rings (SSSR count). The molecule has 0 fully saturated rings. The number of aromatic nitrogens is 1. The first-order valence-electron chi connectivity index (χ1n) is 6.19. The van der Waals surface area contributed by atoms with Crippen molar-refractivity contribution in [3.63, 3.8) is 0 Å². The number of halogens is 1. The molecule has 4 heteroatoms. The number of nitrogens with zero attached hydrogens (tertiary/aromatic N) is 1. The predicted molar refractivity (Wildman–Crippen MR) is 83.5 cm³/mol. The average Bonchev–Trinajstić information content (AvgIpc) is 2.92. The van der Waals surface area contributed by atoms with E-state index in [1.807, 2.05) is 24.3 Å². The zero-order valence-electron chi connectivity index (χ0n) is 10.6. The maximum Gasteiger partial charge on any atom is 0.134 e. The Bertz CT molecular complexity index is 724. The molecule has 1 heterocycles. The number of aromatic hydroxyl groups is 1. The highest BCUT2D eigenvalue weighted by atomic mass is 35.5. The largest absolute Gasteiger partial charge is 0.506 e. The molecule has 0 bridgehead atoms. The molecule has 2 aromatic carbocycles. The van der Waals surface area contributed by atoms with Gasteiger partial charge >= 0.3 is 0 Å². The zero-order valence-corrected chi connectivity index (χ0v) is 12.2. The Morgan fingerprint density at radius 3 is 2.65 bits per heavy atom. The topological polar surface area (TPSA) is 33.1 Å². The normalized spacial score (nSPS) is 10.7. The number of thiazole rings is 1. The lowest BCUT2D eigenvalue weighted by molar-refractivity contribution is 0.475. The molecule has 0 atom stereocenters. The van der Waals surface area contributed by atoms with Crippen LogP contribution in [0.15, 0.2) is 53.9 Å². The monoisotopic (exact) mass is 301 g/mol. The van der Waals surface area contributed by atoms with Gasteiger partial charge in [0.15, 0.2) is 0 Å². The number of hydrogen-bond donors (Lipinski definition) is 1. The Hall–Kier alpha value is -1.84. The van der Waals surface area contributed by atoms with Crippen LogP contribution >= 0.6 is 22.9 Å². The summed E-state index contributed by atoms with van der Waals surface area (Å²) in [6.45, 7) is 0. The second kappa shape index (κ2) is 5.65. The van der Waals surface area contributed by atoms with Gasteiger partial charge < -0.3 is 5.11 Å². The minimum atomic E-state index is 0.111. The third-order valence-corrected chi connectivity index (χ3v) is 4.14. The van der Waals surface area contributed by atoms with Gasteiger partial charge in [0.25, 0.3) is 0 Å². The second-order valence-corrected chi connectivity index (χ2v) is 5.80. The lowest BCUT2D eigenvalue weighted by atomic mass is 10.1. The van der Waals surface area contributed by atoms with Gasteiger partial charge in [0.2, 0.25) is 0 Å². The summed E-state index contributed by atoms with van der Waals surface area (Å²) in [7, 11) is 0. The van der Waals surface area contributed by atoms with Crippen LogP contribution in [0.4, 0.5) is 0 Å². The predicted octanol–water partition coefficient (Wildman–Crippen LogP) is 4.76. The maximum atomic E-state index is 9.42. The van der Waals surface area contributed by atoms with E-state index in [1.165, 1.54) is 0 Å². The van der Waals surface area contributed by atoms with Gasteiger partial charge in [-0.1, -0.05) is 48.0 Å². The van der Waals surface area contributed by atoms with Crippen molar-refractivity contribution in [2.75, 3.05) is 0 Å². The molecule has 1 aromatic heterocycles. The lowest BCUT2D eigenvalue weighted by Crippen LogP contribution is -1.87. The minimum Gasteiger partial charge on any atom is -0.506 e. The number of rotatable bonds is 3. The Kier molecular flexibility index (Phi) is 3.72. The summed E-state index contributed by atoms with van der Waals surface area (Å²) < 4.78 is 0. The first kappa shape index (κ1) is 13.2. The molecule has 20 heavy (non-hydrogen) atoms. The van der Waals surface area contributed by atoms with E-state index in [4.69, 9.17) is 11.6 Å². The van der Waals surface area contributed by atoms with Crippen molar-refractivity contribution in [2.24, 2.45) is 0 Å². The quantitative estimate of drug-likeness (QED) is 0.756. The van der Waals surface area contributed by atoms with Crippen LogP contribution in [0.25, 0.3) is 11.3 Å². The van der Waals surface area contributed by atoms with E-state index < -0.39 is 0 Å². The van der Waals surface area contributed by atoms with Gasteiger partial charge in [-0.2, -0.15) is 0 Å². The third kappa shape index (κ3) is 2.84. The van der Waals surface area contributed by atoms with Gasteiger partial charge in [-0.3, -0.25) is 0 Å². The highest BCUT2D eigenvalue weighted by Gasteiger charge is 2.06. The smallest absolute Gasteiger partial charge is 0.134 e. The molecule has 0 aliphatic carbocycles. The Labute approximate surface area is 126 Å². The molecule has 100 valence electrons. The molecule has 2 nitrogen and oxygen atoms in total. The van der Waals surface area contributed by atoms with Crippen LogP contribution < -0.4 is 0 Å². The van der Waals surface area contributed by atoms with Crippen molar-refractivity contribution in [1.82, 2.24) is 4.98 Å². The lowest BCUT2D eigenvalue weighted by Gasteiger charge is -2.01. The minimum absolute atomic E-state index is 0.111. The summed E-state index contributed by atoms with van der Waals surface area (Å²) in [4.78, 5) is 4.64. The van der Waals surface area contributed by atoms with E-state index in [9.17, 15) is 5.11 Å². The van der Waals surface area contributed by atoms with Gasteiger partial charge in [0.05, 0.1) is 15.7 Å². The molecule has 0 saturated carbocycles. The first-order chi connectivity index (χ1) is 9.72. The summed E-state index contributed by atoms with van der Waals surface area (Å²) in [5.74, 6) is 0.111. The molecular weight excluding hydrogens is 290 g/mol. The van der Waals surface area contributed by atoms with E-state index in [0.717, 1.165) is 28.2 Å². The Morgan fingerprint density at radius 1 is 1.10 bits per heavy atom. The zero-order chi connectivity index (χ0) is 13.9. The van der Waals surface area contributed by atoms with Gasteiger partial charge in [0, 0.05) is 17.4 Å². The van der Waals surface area contributed by atoms with Crippen LogP contribution in [0.2, 0.25) is 5.02 Å². The molecule has 0 aliphatic rings.